The molecule has 0 aliphatic carbocycles. The molecule has 6 nitrogen and oxygen atoms in total. The lowest BCUT2D eigenvalue weighted by atomic mass is 9.96. The van der Waals surface area contributed by atoms with Gasteiger partial charge in [-0.1, -0.05) is 41.4 Å². The van der Waals surface area contributed by atoms with Gasteiger partial charge in [0.2, 0.25) is 0 Å². The maximum Gasteiger partial charge on any atom is 0.294 e. The average Bonchev–Trinajstić information content (AvgIpc) is 2.86. The fourth-order valence-corrected chi connectivity index (χ4v) is 3.60. The Labute approximate surface area is 156 Å². The normalized spacial score (nSPS) is 21.8. The molecule has 0 bridgehead atoms. The molecular formula is C16H17Cl2N3O3S. The van der Waals surface area contributed by atoms with Gasteiger partial charge in [0.05, 0.1) is 21.8 Å². The molecule has 0 saturated carbocycles. The molecule has 4 rings (SSSR count). The first-order valence-corrected chi connectivity index (χ1v) is 9.86. The molecule has 2 aromatic rings. The zero-order valence-corrected chi connectivity index (χ0v) is 15.5. The van der Waals surface area contributed by atoms with Crippen molar-refractivity contribution in [2.24, 2.45) is 5.92 Å². The number of anilines is 1. The fraction of sp³-hybridized carbons (Fsp3) is 0.312. The second-order valence-corrected chi connectivity index (χ2v) is 8.12. The standard InChI is InChI=1S/C10H11Cl2N3.C6H6O3S/c11-8-1-7(3-14-10(8)12)15-4-6-2-13-9(6)5-15;7-10(8,9)6-4-2-1-3-5-6/h1,3,6,9,13H,2,4-5H2;1-5H,(H,7,8,9). The van der Waals surface area contributed by atoms with E-state index in [2.05, 4.69) is 15.2 Å². The topological polar surface area (TPSA) is 82.5 Å². The van der Waals surface area contributed by atoms with Crippen molar-refractivity contribution < 1.29 is 13.0 Å². The minimum absolute atomic E-state index is 0.0741. The van der Waals surface area contributed by atoms with E-state index in [1.54, 1.807) is 24.4 Å². The van der Waals surface area contributed by atoms with Gasteiger partial charge in [-0.25, -0.2) is 4.98 Å². The lowest BCUT2D eigenvalue weighted by Gasteiger charge is -2.29. The zero-order chi connectivity index (χ0) is 18.0. The number of hydrogen-bond acceptors (Lipinski definition) is 5. The number of rotatable bonds is 2. The summed E-state index contributed by atoms with van der Waals surface area (Å²) in [7, 11) is -4.00. The third-order valence-corrected chi connectivity index (χ3v) is 5.83. The number of benzene rings is 1. The SMILES string of the molecule is Clc1cc(N2CC3CNC3C2)cnc1Cl.O=S(=O)(O)c1ccccc1. The van der Waals surface area contributed by atoms with E-state index in [0.29, 0.717) is 16.2 Å². The van der Waals surface area contributed by atoms with E-state index < -0.39 is 10.1 Å². The second kappa shape index (κ2) is 7.47. The van der Waals surface area contributed by atoms with Crippen molar-refractivity contribution in [3.05, 3.63) is 52.8 Å². The van der Waals surface area contributed by atoms with Crippen molar-refractivity contribution in [3.8, 4) is 0 Å². The van der Waals surface area contributed by atoms with Gasteiger partial charge >= 0.3 is 0 Å². The van der Waals surface area contributed by atoms with Gasteiger partial charge in [-0.15, -0.1) is 0 Å². The summed E-state index contributed by atoms with van der Waals surface area (Å²) in [5.41, 5.74) is 1.07. The summed E-state index contributed by atoms with van der Waals surface area (Å²) in [4.78, 5) is 6.30. The lowest BCUT2D eigenvalue weighted by molar-refractivity contribution is 0.297. The van der Waals surface area contributed by atoms with Crippen LogP contribution in [0, 0.1) is 5.92 Å². The highest BCUT2D eigenvalue weighted by Crippen LogP contribution is 2.30. The smallest absolute Gasteiger partial charge is 0.294 e. The highest BCUT2D eigenvalue weighted by Gasteiger charge is 2.39. The van der Waals surface area contributed by atoms with Crippen molar-refractivity contribution in [2.45, 2.75) is 10.9 Å². The van der Waals surface area contributed by atoms with E-state index in [1.807, 2.05) is 6.07 Å². The molecule has 134 valence electrons. The van der Waals surface area contributed by atoms with Crippen LogP contribution in [0.1, 0.15) is 0 Å². The van der Waals surface area contributed by atoms with E-state index >= 15 is 0 Å². The van der Waals surface area contributed by atoms with Gasteiger partial charge in [-0.2, -0.15) is 8.42 Å². The highest BCUT2D eigenvalue weighted by molar-refractivity contribution is 7.85. The molecule has 2 aliphatic heterocycles. The molecule has 3 heterocycles. The van der Waals surface area contributed by atoms with Gasteiger partial charge < -0.3 is 10.2 Å². The molecule has 2 N–H and O–H groups in total. The van der Waals surface area contributed by atoms with Gasteiger partial charge in [-0.3, -0.25) is 4.55 Å². The molecule has 2 atom stereocenters. The first kappa shape index (κ1) is 18.4. The molecule has 2 fully saturated rings. The summed E-state index contributed by atoms with van der Waals surface area (Å²) in [5, 5.41) is 4.32. The van der Waals surface area contributed by atoms with Crippen LogP contribution in [0.2, 0.25) is 10.2 Å². The van der Waals surface area contributed by atoms with Crippen LogP contribution in [0.25, 0.3) is 0 Å². The van der Waals surface area contributed by atoms with E-state index in [-0.39, 0.29) is 4.90 Å². The summed E-state index contributed by atoms with van der Waals surface area (Å²) in [6.45, 7) is 3.28. The van der Waals surface area contributed by atoms with Crippen LogP contribution in [0.15, 0.2) is 47.5 Å². The predicted octanol–water partition coefficient (Wildman–Crippen LogP) is 2.73. The van der Waals surface area contributed by atoms with Gasteiger partial charge in [0.15, 0.2) is 0 Å². The Morgan fingerprint density at radius 3 is 2.36 bits per heavy atom. The maximum atomic E-state index is 10.4. The zero-order valence-electron chi connectivity index (χ0n) is 13.1. The molecule has 2 unspecified atom stereocenters. The number of halogens is 2. The van der Waals surface area contributed by atoms with Crippen LogP contribution in [0.4, 0.5) is 5.69 Å². The number of nitrogens with zero attached hydrogens (tertiary/aromatic N) is 2. The maximum absolute atomic E-state index is 10.4. The van der Waals surface area contributed by atoms with Crippen molar-refractivity contribution >= 4 is 39.0 Å². The van der Waals surface area contributed by atoms with Crippen LogP contribution in [-0.4, -0.2) is 43.6 Å². The largest absolute Gasteiger partial charge is 0.368 e. The van der Waals surface area contributed by atoms with Gasteiger partial charge in [0.1, 0.15) is 5.15 Å². The summed E-state index contributed by atoms with van der Waals surface area (Å²) in [6.07, 6.45) is 1.79. The Hall–Kier alpha value is -1.38. The monoisotopic (exact) mass is 401 g/mol. The highest BCUT2D eigenvalue weighted by atomic mass is 35.5. The first-order chi connectivity index (χ1) is 11.8. The van der Waals surface area contributed by atoms with Crippen molar-refractivity contribution in [1.29, 1.82) is 0 Å². The van der Waals surface area contributed by atoms with Crippen LogP contribution < -0.4 is 10.2 Å². The molecule has 25 heavy (non-hydrogen) atoms. The van der Waals surface area contributed by atoms with Crippen LogP contribution >= 0.6 is 23.2 Å². The van der Waals surface area contributed by atoms with Crippen LogP contribution in [0.5, 0.6) is 0 Å². The molecule has 2 aliphatic rings. The van der Waals surface area contributed by atoms with Gasteiger partial charge in [0.25, 0.3) is 10.1 Å². The number of fused-ring (bicyclic) bond motifs is 1. The summed E-state index contributed by atoms with van der Waals surface area (Å²) >= 11 is 11.7. The minimum atomic E-state index is -4.00. The molecule has 0 radical (unpaired) electrons. The summed E-state index contributed by atoms with van der Waals surface area (Å²) < 4.78 is 29.2. The number of nitrogens with one attached hydrogen (secondary N) is 1. The van der Waals surface area contributed by atoms with E-state index in [1.165, 1.54) is 12.1 Å². The average molecular weight is 402 g/mol. The molecule has 9 heteroatoms. The third kappa shape index (κ3) is 4.43. The molecule has 1 aromatic heterocycles. The summed E-state index contributed by atoms with van der Waals surface area (Å²) in [6, 6.07) is 9.96. The Kier molecular flexibility index (Phi) is 5.50. The predicted molar refractivity (Wildman–Crippen MR) is 98.0 cm³/mol. The fourth-order valence-electron chi connectivity index (χ4n) is 2.84. The van der Waals surface area contributed by atoms with Crippen molar-refractivity contribution in [1.82, 2.24) is 10.3 Å². The molecule has 0 amide bonds. The van der Waals surface area contributed by atoms with Crippen LogP contribution in [-0.2, 0) is 10.1 Å². The number of hydrogen-bond donors (Lipinski definition) is 2. The van der Waals surface area contributed by atoms with E-state index in [4.69, 9.17) is 27.8 Å². The number of pyridine rings is 1. The first-order valence-electron chi connectivity index (χ1n) is 7.66. The van der Waals surface area contributed by atoms with Gasteiger partial charge in [-0.05, 0) is 18.2 Å². The molecule has 1 aromatic carbocycles. The summed E-state index contributed by atoms with van der Waals surface area (Å²) in [5.74, 6) is 0.791. The third-order valence-electron chi connectivity index (χ3n) is 4.27. The lowest BCUT2D eigenvalue weighted by Crippen LogP contribution is -2.51. The van der Waals surface area contributed by atoms with E-state index in [9.17, 15) is 8.42 Å². The second-order valence-electron chi connectivity index (χ2n) is 5.93. The molecule has 2 saturated heterocycles. The minimum Gasteiger partial charge on any atom is -0.368 e. The van der Waals surface area contributed by atoms with Gasteiger partial charge in [0, 0.05) is 31.6 Å². The molecule has 0 spiro atoms. The quantitative estimate of drug-likeness (QED) is 0.594. The Bertz CT molecular complexity index is 837. The van der Waals surface area contributed by atoms with Crippen LogP contribution in [0.3, 0.4) is 0 Å². The Balaban J connectivity index is 0.000000160. The Morgan fingerprint density at radius 1 is 1.20 bits per heavy atom. The van der Waals surface area contributed by atoms with E-state index in [0.717, 1.165) is 31.2 Å². The van der Waals surface area contributed by atoms with Crippen molar-refractivity contribution in [3.63, 3.8) is 0 Å². The molecular weight excluding hydrogens is 385 g/mol. The number of aromatic nitrogens is 1. The van der Waals surface area contributed by atoms with Crippen molar-refractivity contribution in [2.75, 3.05) is 24.5 Å². The Morgan fingerprint density at radius 2 is 1.92 bits per heavy atom.